The van der Waals surface area contributed by atoms with Crippen molar-refractivity contribution in [3.8, 4) is 16.9 Å². The number of benzene rings is 2. The number of carboxylic acid groups (broad SMARTS) is 1. The second-order valence-corrected chi connectivity index (χ2v) is 11.2. The molecule has 0 unspecified atom stereocenters. The summed E-state index contributed by atoms with van der Waals surface area (Å²) in [5.74, 6) is -0.701. The maximum absolute atomic E-state index is 15.5. The molecular formula is C30H38FNO6. The molecule has 7 nitrogen and oxygen atoms in total. The number of hydrogen-bond donors (Lipinski definition) is 1. The molecule has 2 aromatic carbocycles. The van der Waals surface area contributed by atoms with E-state index in [1.54, 1.807) is 6.92 Å². The maximum atomic E-state index is 15.5. The largest absolute Gasteiger partial charge is 0.490 e. The number of ether oxygens (including phenoxy) is 3. The standard InChI is InChI=1S/C30H38FNO6/c1-9-36-28(33)27(38-30(6,7)8)25-16(3)21-14-32(29(34)35)18(5)23(21)17(4)24(25)20-13-22(31)26-19(15(20)2)11-10-12-37-26/h13,18,27H,9-12,14H2,1-8H3,(H,34,35)/t18-,27+/m1/s1. The van der Waals surface area contributed by atoms with Gasteiger partial charge in [0.25, 0.3) is 0 Å². The van der Waals surface area contributed by atoms with Crippen LogP contribution in [-0.2, 0) is 27.2 Å². The highest BCUT2D eigenvalue weighted by Gasteiger charge is 2.40. The fourth-order valence-corrected chi connectivity index (χ4v) is 5.97. The van der Waals surface area contributed by atoms with Crippen molar-refractivity contribution < 1.29 is 33.3 Å². The molecule has 2 aliphatic heterocycles. The summed E-state index contributed by atoms with van der Waals surface area (Å²) < 4.78 is 33.0. The molecule has 1 N–H and O–H groups in total. The predicted molar refractivity (Wildman–Crippen MR) is 142 cm³/mol. The van der Waals surface area contributed by atoms with Gasteiger partial charge in [-0.05, 0) is 113 Å². The highest BCUT2D eigenvalue weighted by Crippen LogP contribution is 2.49. The van der Waals surface area contributed by atoms with Gasteiger partial charge in [0.2, 0.25) is 0 Å². The third-order valence-corrected chi connectivity index (χ3v) is 7.63. The zero-order chi connectivity index (χ0) is 28.1. The first-order valence-corrected chi connectivity index (χ1v) is 13.2. The average molecular weight is 528 g/mol. The van der Waals surface area contributed by atoms with Gasteiger partial charge in [0.1, 0.15) is 0 Å². The minimum atomic E-state index is -1.09. The Morgan fingerprint density at radius 1 is 1.18 bits per heavy atom. The molecule has 2 heterocycles. The zero-order valence-electron chi connectivity index (χ0n) is 23.6. The normalized spacial score (nSPS) is 17.5. The molecule has 38 heavy (non-hydrogen) atoms. The van der Waals surface area contributed by atoms with Crippen LogP contribution in [0.1, 0.15) is 92.1 Å². The Morgan fingerprint density at radius 3 is 2.47 bits per heavy atom. The molecule has 0 saturated heterocycles. The van der Waals surface area contributed by atoms with Gasteiger partial charge in [-0.3, -0.25) is 4.90 Å². The van der Waals surface area contributed by atoms with Gasteiger partial charge in [-0.25, -0.2) is 14.0 Å². The van der Waals surface area contributed by atoms with Gasteiger partial charge >= 0.3 is 12.1 Å². The molecule has 0 aliphatic carbocycles. The first-order chi connectivity index (χ1) is 17.8. The van der Waals surface area contributed by atoms with Crippen molar-refractivity contribution in [2.75, 3.05) is 13.2 Å². The van der Waals surface area contributed by atoms with Gasteiger partial charge in [-0.2, -0.15) is 0 Å². The van der Waals surface area contributed by atoms with E-state index in [1.165, 1.54) is 11.0 Å². The Labute approximate surface area is 223 Å². The van der Waals surface area contributed by atoms with Crippen molar-refractivity contribution in [1.29, 1.82) is 0 Å². The van der Waals surface area contributed by atoms with Crippen molar-refractivity contribution >= 4 is 12.1 Å². The molecule has 0 saturated carbocycles. The molecule has 4 rings (SSSR count). The Morgan fingerprint density at radius 2 is 1.87 bits per heavy atom. The molecule has 0 aromatic heterocycles. The molecule has 206 valence electrons. The molecule has 2 aromatic rings. The number of carbonyl (C=O) groups excluding carboxylic acids is 1. The second-order valence-electron chi connectivity index (χ2n) is 11.2. The minimum Gasteiger partial charge on any atom is -0.490 e. The van der Waals surface area contributed by atoms with Crippen LogP contribution in [0.3, 0.4) is 0 Å². The molecule has 2 atom stereocenters. The fraction of sp³-hybridized carbons (Fsp3) is 0.533. The van der Waals surface area contributed by atoms with E-state index in [4.69, 9.17) is 14.2 Å². The van der Waals surface area contributed by atoms with Gasteiger partial charge in [0.05, 0.1) is 31.4 Å². The highest BCUT2D eigenvalue weighted by atomic mass is 19.1. The Balaban J connectivity index is 2.10. The summed E-state index contributed by atoms with van der Waals surface area (Å²) in [6.45, 7) is 15.8. The van der Waals surface area contributed by atoms with Crippen LogP contribution in [0, 0.1) is 26.6 Å². The smallest absolute Gasteiger partial charge is 0.408 e. The second kappa shape index (κ2) is 10.2. The SMILES string of the molecule is CCOC(=O)[C@@H](OC(C)(C)C)c1c(C)c2c(c(C)c1-c1cc(F)c3c(c1C)CCCO3)[C@@H](C)N(C(=O)O)C2. The molecule has 8 heteroatoms. The van der Waals surface area contributed by atoms with E-state index < -0.39 is 35.6 Å². The Bertz CT molecular complexity index is 1300. The van der Waals surface area contributed by atoms with Crippen LogP contribution in [-0.4, -0.2) is 40.9 Å². The fourth-order valence-electron chi connectivity index (χ4n) is 5.97. The molecule has 0 bridgehead atoms. The molecule has 0 fully saturated rings. The van der Waals surface area contributed by atoms with Crippen molar-refractivity contribution in [3.05, 3.63) is 50.8 Å². The van der Waals surface area contributed by atoms with Crippen molar-refractivity contribution in [3.63, 3.8) is 0 Å². The zero-order valence-corrected chi connectivity index (χ0v) is 23.6. The van der Waals surface area contributed by atoms with E-state index in [2.05, 4.69) is 0 Å². The maximum Gasteiger partial charge on any atom is 0.408 e. The first-order valence-electron chi connectivity index (χ1n) is 13.2. The van der Waals surface area contributed by atoms with Gasteiger partial charge < -0.3 is 19.3 Å². The number of nitrogens with zero attached hydrogens (tertiary/aromatic N) is 1. The van der Waals surface area contributed by atoms with E-state index in [1.807, 2.05) is 48.5 Å². The number of carbonyl (C=O) groups is 2. The van der Waals surface area contributed by atoms with Gasteiger partial charge in [0, 0.05) is 11.1 Å². The summed E-state index contributed by atoms with van der Waals surface area (Å²) >= 11 is 0. The lowest BCUT2D eigenvalue weighted by atomic mass is 9.80. The Kier molecular flexibility index (Phi) is 7.49. The number of halogens is 1. The van der Waals surface area contributed by atoms with Gasteiger partial charge in [-0.15, -0.1) is 0 Å². The summed E-state index contributed by atoms with van der Waals surface area (Å²) in [6.07, 6.45) is -0.628. The summed E-state index contributed by atoms with van der Waals surface area (Å²) in [6, 6.07) is 1.08. The van der Waals surface area contributed by atoms with Crippen LogP contribution in [0.5, 0.6) is 5.75 Å². The lowest BCUT2D eigenvalue weighted by Crippen LogP contribution is -2.30. The molecule has 1 amide bonds. The number of hydrogen-bond acceptors (Lipinski definition) is 5. The number of rotatable bonds is 5. The van der Waals surface area contributed by atoms with E-state index in [9.17, 15) is 14.7 Å². The van der Waals surface area contributed by atoms with Crippen LogP contribution in [0.25, 0.3) is 11.1 Å². The van der Waals surface area contributed by atoms with Crippen LogP contribution >= 0.6 is 0 Å². The topological polar surface area (TPSA) is 85.3 Å². The number of fused-ring (bicyclic) bond motifs is 2. The number of amides is 1. The van der Waals surface area contributed by atoms with Crippen LogP contribution < -0.4 is 4.74 Å². The average Bonchev–Trinajstić information content (AvgIpc) is 3.20. The number of esters is 1. The van der Waals surface area contributed by atoms with E-state index in [0.29, 0.717) is 29.7 Å². The molecule has 0 radical (unpaired) electrons. The van der Waals surface area contributed by atoms with Crippen LogP contribution in [0.4, 0.5) is 9.18 Å². The summed E-state index contributed by atoms with van der Waals surface area (Å²) in [5.41, 5.74) is 6.23. The monoisotopic (exact) mass is 527 g/mol. The van der Waals surface area contributed by atoms with Crippen molar-refractivity contribution in [2.24, 2.45) is 0 Å². The van der Waals surface area contributed by atoms with Crippen LogP contribution in [0.15, 0.2) is 6.07 Å². The first kappa shape index (κ1) is 27.9. The lowest BCUT2D eigenvalue weighted by molar-refractivity contribution is -0.166. The highest BCUT2D eigenvalue weighted by molar-refractivity contribution is 5.87. The van der Waals surface area contributed by atoms with E-state index >= 15 is 4.39 Å². The minimum absolute atomic E-state index is 0.175. The van der Waals surface area contributed by atoms with E-state index in [0.717, 1.165) is 39.8 Å². The molecular weight excluding hydrogens is 489 g/mol. The summed E-state index contributed by atoms with van der Waals surface area (Å²) in [7, 11) is 0. The van der Waals surface area contributed by atoms with E-state index in [-0.39, 0.29) is 18.9 Å². The predicted octanol–water partition coefficient (Wildman–Crippen LogP) is 6.72. The molecule has 2 aliphatic rings. The summed E-state index contributed by atoms with van der Waals surface area (Å²) in [5, 5.41) is 9.89. The molecule has 0 spiro atoms. The van der Waals surface area contributed by atoms with Gasteiger partial charge in [-0.1, -0.05) is 0 Å². The summed E-state index contributed by atoms with van der Waals surface area (Å²) in [4.78, 5) is 26.9. The third-order valence-electron chi connectivity index (χ3n) is 7.63. The van der Waals surface area contributed by atoms with Crippen molar-refractivity contribution in [1.82, 2.24) is 4.90 Å². The van der Waals surface area contributed by atoms with Crippen LogP contribution in [0.2, 0.25) is 0 Å². The van der Waals surface area contributed by atoms with Crippen molar-refractivity contribution in [2.45, 2.75) is 92.5 Å². The quantitative estimate of drug-likeness (QED) is 0.435. The Hall–Kier alpha value is -3.13. The lowest BCUT2D eigenvalue weighted by Gasteiger charge is -2.32. The van der Waals surface area contributed by atoms with Gasteiger partial charge in [0.15, 0.2) is 17.7 Å². The third kappa shape index (κ3) is 4.75.